The summed E-state index contributed by atoms with van der Waals surface area (Å²) in [7, 11) is 0. The van der Waals surface area contributed by atoms with Gasteiger partial charge in [-0.1, -0.05) is 0 Å². The predicted octanol–water partition coefficient (Wildman–Crippen LogP) is -1.40. The van der Waals surface area contributed by atoms with Crippen LogP contribution in [0.1, 0.15) is 12.1 Å². The summed E-state index contributed by atoms with van der Waals surface area (Å²) in [6.45, 7) is 0.108. The van der Waals surface area contributed by atoms with Crippen LogP contribution in [-0.2, 0) is 16.1 Å². The summed E-state index contributed by atoms with van der Waals surface area (Å²) in [5.41, 5.74) is 5.44. The number of nitrogens with zero attached hydrogens (tertiary/aromatic N) is 2. The predicted molar refractivity (Wildman–Crippen MR) is 62.6 cm³/mol. The van der Waals surface area contributed by atoms with E-state index in [9.17, 15) is 14.4 Å². The van der Waals surface area contributed by atoms with Gasteiger partial charge in [0.25, 0.3) is 0 Å². The van der Waals surface area contributed by atoms with E-state index in [0.29, 0.717) is 5.69 Å². The Kier molecular flexibility index (Phi) is 5.20. The maximum absolute atomic E-state index is 11.4. The average molecular weight is 267 g/mol. The number of hydrogen-bond acceptors (Lipinski definition) is 5. The van der Waals surface area contributed by atoms with E-state index in [0.717, 1.165) is 0 Å². The van der Waals surface area contributed by atoms with Gasteiger partial charge in [0, 0.05) is 6.20 Å². The van der Waals surface area contributed by atoms with Crippen LogP contribution in [0, 0.1) is 0 Å². The standard InChI is InChI=1S/C10H13N5O4/c11-8(16)3-7(9(17)18)15-10(19)13-4-6-1-2-12-5-14-6/h1-2,5,7H,3-4H2,(H2,11,16)(H,17,18)(H2,13,15,19)/t7-/m0/s1. The first kappa shape index (κ1) is 14.4. The Balaban J connectivity index is 2.45. The molecule has 0 spiro atoms. The topological polar surface area (TPSA) is 147 Å². The Morgan fingerprint density at radius 3 is 2.68 bits per heavy atom. The molecular weight excluding hydrogens is 254 g/mol. The molecule has 0 bridgehead atoms. The highest BCUT2D eigenvalue weighted by molar-refractivity contribution is 5.87. The van der Waals surface area contributed by atoms with Crippen molar-refractivity contribution in [2.24, 2.45) is 5.73 Å². The minimum absolute atomic E-state index is 0.108. The molecule has 9 heteroatoms. The highest BCUT2D eigenvalue weighted by atomic mass is 16.4. The number of hydrogen-bond donors (Lipinski definition) is 4. The molecule has 0 saturated heterocycles. The maximum Gasteiger partial charge on any atom is 0.326 e. The highest BCUT2D eigenvalue weighted by Gasteiger charge is 2.21. The average Bonchev–Trinajstić information content (AvgIpc) is 2.36. The first-order valence-electron chi connectivity index (χ1n) is 5.29. The first-order chi connectivity index (χ1) is 8.99. The molecule has 0 aromatic carbocycles. The normalized spacial score (nSPS) is 11.4. The van der Waals surface area contributed by atoms with Crippen molar-refractivity contribution in [1.82, 2.24) is 20.6 Å². The van der Waals surface area contributed by atoms with E-state index in [2.05, 4.69) is 20.6 Å². The molecule has 5 N–H and O–H groups in total. The largest absolute Gasteiger partial charge is 0.480 e. The van der Waals surface area contributed by atoms with Crippen molar-refractivity contribution in [2.45, 2.75) is 19.0 Å². The summed E-state index contributed by atoms with van der Waals surface area (Å²) < 4.78 is 0. The van der Waals surface area contributed by atoms with Gasteiger partial charge < -0.3 is 21.5 Å². The molecule has 0 radical (unpaired) electrons. The van der Waals surface area contributed by atoms with Crippen molar-refractivity contribution < 1.29 is 19.5 Å². The molecule has 0 unspecified atom stereocenters. The van der Waals surface area contributed by atoms with Gasteiger partial charge in [-0.2, -0.15) is 0 Å². The van der Waals surface area contributed by atoms with Gasteiger partial charge in [-0.15, -0.1) is 0 Å². The van der Waals surface area contributed by atoms with Crippen LogP contribution in [0.3, 0.4) is 0 Å². The van der Waals surface area contributed by atoms with Crippen molar-refractivity contribution in [2.75, 3.05) is 0 Å². The highest BCUT2D eigenvalue weighted by Crippen LogP contribution is 1.93. The number of carbonyl (C=O) groups excluding carboxylic acids is 2. The molecule has 0 saturated carbocycles. The Hall–Kier alpha value is -2.71. The van der Waals surface area contributed by atoms with Crippen molar-refractivity contribution in [3.05, 3.63) is 24.3 Å². The van der Waals surface area contributed by atoms with Crippen LogP contribution in [0.4, 0.5) is 4.79 Å². The van der Waals surface area contributed by atoms with Gasteiger partial charge in [0.2, 0.25) is 5.91 Å². The molecule has 0 fully saturated rings. The summed E-state index contributed by atoms with van der Waals surface area (Å²) in [6.07, 6.45) is 2.35. The summed E-state index contributed by atoms with van der Waals surface area (Å²) in [5, 5.41) is 13.3. The van der Waals surface area contributed by atoms with Gasteiger partial charge in [-0.25, -0.2) is 19.6 Å². The van der Waals surface area contributed by atoms with Crippen molar-refractivity contribution in [3.63, 3.8) is 0 Å². The van der Waals surface area contributed by atoms with E-state index in [1.165, 1.54) is 12.5 Å². The monoisotopic (exact) mass is 267 g/mol. The van der Waals surface area contributed by atoms with Gasteiger partial charge in [0.05, 0.1) is 18.7 Å². The van der Waals surface area contributed by atoms with Crippen LogP contribution in [0.2, 0.25) is 0 Å². The van der Waals surface area contributed by atoms with Gasteiger partial charge in [-0.3, -0.25) is 4.79 Å². The summed E-state index contributed by atoms with van der Waals surface area (Å²) in [4.78, 5) is 40.4. The lowest BCUT2D eigenvalue weighted by Gasteiger charge is -2.13. The third-order valence-electron chi connectivity index (χ3n) is 2.08. The summed E-state index contributed by atoms with van der Waals surface area (Å²) >= 11 is 0. The number of aliphatic carboxylic acids is 1. The number of primary amides is 1. The van der Waals surface area contributed by atoms with Crippen molar-refractivity contribution >= 4 is 17.9 Å². The van der Waals surface area contributed by atoms with Crippen LogP contribution in [0.25, 0.3) is 0 Å². The molecule has 1 heterocycles. The molecular formula is C10H13N5O4. The van der Waals surface area contributed by atoms with Crippen molar-refractivity contribution in [1.29, 1.82) is 0 Å². The van der Waals surface area contributed by atoms with Crippen LogP contribution < -0.4 is 16.4 Å². The Morgan fingerprint density at radius 2 is 2.16 bits per heavy atom. The van der Waals surface area contributed by atoms with Gasteiger partial charge in [0.15, 0.2) is 0 Å². The quantitative estimate of drug-likeness (QED) is 0.498. The zero-order valence-corrected chi connectivity index (χ0v) is 9.87. The molecule has 1 rings (SSSR count). The number of amides is 3. The molecule has 0 aliphatic heterocycles. The minimum atomic E-state index is -1.36. The number of aromatic nitrogens is 2. The second kappa shape index (κ2) is 6.89. The molecule has 1 aromatic rings. The van der Waals surface area contributed by atoms with Crippen LogP contribution in [0.15, 0.2) is 18.6 Å². The third kappa shape index (κ3) is 5.44. The smallest absolute Gasteiger partial charge is 0.326 e. The number of carbonyl (C=O) groups is 3. The van der Waals surface area contributed by atoms with Crippen LogP contribution >= 0.6 is 0 Å². The first-order valence-corrected chi connectivity index (χ1v) is 5.29. The second-order valence-electron chi connectivity index (χ2n) is 3.59. The van der Waals surface area contributed by atoms with Gasteiger partial charge in [0.1, 0.15) is 12.4 Å². The fourth-order valence-corrected chi connectivity index (χ4v) is 1.20. The SMILES string of the molecule is NC(=O)C[C@H](NC(=O)NCc1ccncn1)C(=O)O. The summed E-state index contributed by atoms with van der Waals surface area (Å²) in [5.74, 6) is -2.15. The van der Waals surface area contributed by atoms with E-state index >= 15 is 0 Å². The third-order valence-corrected chi connectivity index (χ3v) is 2.08. The van der Waals surface area contributed by atoms with Gasteiger partial charge in [-0.05, 0) is 6.07 Å². The van der Waals surface area contributed by atoms with Crippen LogP contribution in [0.5, 0.6) is 0 Å². The molecule has 1 aromatic heterocycles. The van der Waals surface area contributed by atoms with E-state index in [-0.39, 0.29) is 6.54 Å². The molecule has 1 atom stereocenters. The van der Waals surface area contributed by atoms with Gasteiger partial charge >= 0.3 is 12.0 Å². The number of rotatable bonds is 6. The molecule has 102 valence electrons. The zero-order chi connectivity index (χ0) is 14.3. The summed E-state index contributed by atoms with van der Waals surface area (Å²) in [6, 6.07) is -0.492. The number of urea groups is 1. The number of nitrogens with two attached hydrogens (primary N) is 1. The number of nitrogens with one attached hydrogen (secondary N) is 2. The van der Waals surface area contributed by atoms with Crippen molar-refractivity contribution in [3.8, 4) is 0 Å². The molecule has 3 amide bonds. The zero-order valence-electron chi connectivity index (χ0n) is 9.87. The lowest BCUT2D eigenvalue weighted by Crippen LogP contribution is -2.47. The molecule has 0 aliphatic carbocycles. The Labute approximate surface area is 108 Å². The molecule has 9 nitrogen and oxygen atoms in total. The molecule has 0 aliphatic rings. The molecule has 19 heavy (non-hydrogen) atoms. The lowest BCUT2D eigenvalue weighted by molar-refractivity contribution is -0.140. The Morgan fingerprint density at radius 1 is 1.42 bits per heavy atom. The number of carboxylic acid groups (broad SMARTS) is 1. The maximum atomic E-state index is 11.4. The minimum Gasteiger partial charge on any atom is -0.480 e. The van der Waals surface area contributed by atoms with E-state index in [1.807, 2.05) is 0 Å². The Bertz CT molecular complexity index is 464. The van der Waals surface area contributed by atoms with Crippen LogP contribution in [-0.4, -0.2) is 39.0 Å². The van der Waals surface area contributed by atoms with E-state index < -0.39 is 30.4 Å². The lowest BCUT2D eigenvalue weighted by atomic mass is 10.2. The van der Waals surface area contributed by atoms with E-state index in [4.69, 9.17) is 10.8 Å². The second-order valence-corrected chi connectivity index (χ2v) is 3.59. The fourth-order valence-electron chi connectivity index (χ4n) is 1.20. The number of carboxylic acids is 1. The van der Waals surface area contributed by atoms with E-state index in [1.54, 1.807) is 6.07 Å². The fraction of sp³-hybridized carbons (Fsp3) is 0.300.